The lowest BCUT2D eigenvalue weighted by Crippen LogP contribution is -2.44. The lowest BCUT2D eigenvalue weighted by molar-refractivity contribution is -0.374. The number of piperidine rings is 1. The Morgan fingerprint density at radius 3 is 2.95 bits per heavy atom. The van der Waals surface area contributed by atoms with Crippen LogP contribution in [-0.2, 0) is 4.79 Å². The average Bonchev–Trinajstić information content (AvgIpc) is 2.38. The van der Waals surface area contributed by atoms with Crippen LogP contribution in [0.5, 0.6) is 0 Å². The van der Waals surface area contributed by atoms with Gasteiger partial charge in [-0.25, -0.2) is 4.98 Å². The topological polar surface area (TPSA) is 84.3 Å². The van der Waals surface area contributed by atoms with Crippen LogP contribution in [0.15, 0.2) is 6.07 Å². The number of carbonyl (C=O) groups is 1. The summed E-state index contributed by atoms with van der Waals surface area (Å²) in [6.45, 7) is 5.33. The van der Waals surface area contributed by atoms with Gasteiger partial charge < -0.3 is 5.73 Å². The van der Waals surface area contributed by atoms with Crippen molar-refractivity contribution in [3.63, 3.8) is 0 Å². The Bertz CT molecular complexity index is 547. The van der Waals surface area contributed by atoms with Crippen LogP contribution in [0.2, 0.25) is 0 Å². The fourth-order valence-corrected chi connectivity index (χ4v) is 2.66. The number of pyridine rings is 1. The molecule has 0 aromatic carbocycles. The molecule has 1 fully saturated rings. The van der Waals surface area contributed by atoms with Gasteiger partial charge in [0.15, 0.2) is 0 Å². The molecular weight excluding hydrogens is 240 g/mol. The molecule has 1 saturated heterocycles. The number of aryl methyl sites for hydroxylation is 2. The second kappa shape index (κ2) is 5.27. The van der Waals surface area contributed by atoms with Gasteiger partial charge in [-0.05, 0) is 38.3 Å². The minimum atomic E-state index is -0.257. The van der Waals surface area contributed by atoms with Crippen LogP contribution in [0, 0.1) is 31.1 Å². The largest absolute Gasteiger partial charge is 0.369 e. The van der Waals surface area contributed by atoms with E-state index in [-0.39, 0.29) is 11.8 Å². The van der Waals surface area contributed by atoms with Crippen molar-refractivity contribution in [2.24, 2.45) is 11.7 Å². The summed E-state index contributed by atoms with van der Waals surface area (Å²) in [5.74, 6) is 0.424. The first-order valence-electron chi connectivity index (χ1n) is 6.50. The number of aromatic amines is 1. The van der Waals surface area contributed by atoms with E-state index in [0.717, 1.165) is 36.5 Å². The number of H-pyrrole nitrogens is 1. The number of primary amides is 1. The van der Waals surface area contributed by atoms with E-state index in [4.69, 9.17) is 5.73 Å². The summed E-state index contributed by atoms with van der Waals surface area (Å²) in [5.41, 5.74) is 8.01. The summed E-state index contributed by atoms with van der Waals surface area (Å²) in [7, 11) is 0. The third-order valence-electron chi connectivity index (χ3n) is 3.63. The van der Waals surface area contributed by atoms with Gasteiger partial charge in [-0.2, -0.15) is 5.26 Å². The van der Waals surface area contributed by atoms with Gasteiger partial charge in [-0.1, -0.05) is 0 Å². The van der Waals surface area contributed by atoms with Crippen molar-refractivity contribution in [2.75, 3.05) is 18.0 Å². The molecular formula is C14H19N4O+. The van der Waals surface area contributed by atoms with Crippen LogP contribution in [0.25, 0.3) is 0 Å². The van der Waals surface area contributed by atoms with Crippen LogP contribution in [0.3, 0.4) is 0 Å². The van der Waals surface area contributed by atoms with Gasteiger partial charge in [-0.3, -0.25) is 9.69 Å². The smallest absolute Gasteiger partial charge is 0.293 e. The number of hydrogen-bond acceptors (Lipinski definition) is 3. The zero-order valence-corrected chi connectivity index (χ0v) is 11.4. The van der Waals surface area contributed by atoms with Crippen LogP contribution in [-0.4, -0.2) is 19.0 Å². The molecule has 1 aromatic rings. The molecule has 2 rings (SSSR count). The first-order valence-corrected chi connectivity index (χ1v) is 6.50. The predicted octanol–water partition coefficient (Wildman–Crippen LogP) is 0.691. The number of nitriles is 1. The predicted molar refractivity (Wildman–Crippen MR) is 71.3 cm³/mol. The van der Waals surface area contributed by atoms with Crippen molar-refractivity contribution >= 4 is 11.7 Å². The number of nitrogens with zero attached hydrogens (tertiary/aromatic N) is 2. The Kier molecular flexibility index (Phi) is 3.70. The highest BCUT2D eigenvalue weighted by atomic mass is 16.1. The second-order valence-electron chi connectivity index (χ2n) is 5.16. The molecule has 0 saturated carbocycles. The molecule has 100 valence electrons. The Morgan fingerprint density at radius 2 is 2.32 bits per heavy atom. The molecule has 0 aliphatic carbocycles. The fraction of sp³-hybridized carbons (Fsp3) is 0.500. The number of amides is 1. The molecule has 19 heavy (non-hydrogen) atoms. The molecule has 1 aliphatic heterocycles. The maximum absolute atomic E-state index is 11.3. The zero-order valence-electron chi connectivity index (χ0n) is 11.4. The van der Waals surface area contributed by atoms with E-state index >= 15 is 0 Å². The molecule has 1 aromatic heterocycles. The van der Waals surface area contributed by atoms with E-state index in [0.29, 0.717) is 12.1 Å². The Labute approximate surface area is 113 Å². The van der Waals surface area contributed by atoms with Crippen molar-refractivity contribution in [3.05, 3.63) is 22.9 Å². The zero-order chi connectivity index (χ0) is 14.0. The van der Waals surface area contributed by atoms with Crippen molar-refractivity contribution in [1.29, 1.82) is 5.26 Å². The van der Waals surface area contributed by atoms with Gasteiger partial charge in [0.1, 0.15) is 11.6 Å². The van der Waals surface area contributed by atoms with Crippen LogP contribution < -0.4 is 15.6 Å². The molecule has 2 heterocycles. The highest BCUT2D eigenvalue weighted by Gasteiger charge is 2.31. The molecule has 0 radical (unpaired) electrons. The molecule has 5 nitrogen and oxygen atoms in total. The quantitative estimate of drug-likeness (QED) is 0.848. The summed E-state index contributed by atoms with van der Waals surface area (Å²) in [6.07, 6.45) is 1.75. The van der Waals surface area contributed by atoms with Crippen LogP contribution in [0.1, 0.15) is 29.7 Å². The van der Waals surface area contributed by atoms with E-state index in [1.807, 2.05) is 19.9 Å². The number of anilines is 1. The lowest BCUT2D eigenvalue weighted by Gasteiger charge is -2.27. The molecule has 1 amide bonds. The van der Waals surface area contributed by atoms with Crippen molar-refractivity contribution in [3.8, 4) is 6.07 Å². The minimum Gasteiger partial charge on any atom is -0.369 e. The number of aromatic nitrogens is 1. The van der Waals surface area contributed by atoms with E-state index in [1.54, 1.807) is 0 Å². The normalized spacial score (nSPS) is 19.0. The summed E-state index contributed by atoms with van der Waals surface area (Å²) >= 11 is 0. The number of nitrogens with two attached hydrogens (primary N) is 1. The standard InChI is InChI=1S/C14H18N4O/c1-9-6-10(2)17-14(12(9)7-15)18-5-3-4-11(8-18)13(16)19/h6,11H,3-5,8H2,1-2H3,(H2,16,19)/p+1/t11-/m0/s1. The summed E-state index contributed by atoms with van der Waals surface area (Å²) in [4.78, 5) is 16.7. The van der Waals surface area contributed by atoms with Crippen LogP contribution in [0.4, 0.5) is 5.82 Å². The Morgan fingerprint density at radius 1 is 1.58 bits per heavy atom. The fourth-order valence-electron chi connectivity index (χ4n) is 2.66. The molecule has 0 spiro atoms. The SMILES string of the molecule is Cc1cc(C)c(C#N)c(N2CCC[C@H](C(N)=O)C2)[nH+]1. The minimum absolute atomic E-state index is 0.130. The third kappa shape index (κ3) is 2.68. The Hall–Kier alpha value is -2.09. The number of carbonyl (C=O) groups excluding carboxylic acids is 1. The molecule has 1 atom stereocenters. The van der Waals surface area contributed by atoms with Crippen molar-refractivity contribution < 1.29 is 9.78 Å². The van der Waals surface area contributed by atoms with Gasteiger partial charge in [0.05, 0.1) is 24.7 Å². The van der Waals surface area contributed by atoms with Gasteiger partial charge in [0, 0.05) is 0 Å². The summed E-state index contributed by atoms with van der Waals surface area (Å²) in [6, 6.07) is 4.20. The molecule has 3 N–H and O–H groups in total. The highest BCUT2D eigenvalue weighted by Crippen LogP contribution is 2.24. The molecule has 1 aliphatic rings. The van der Waals surface area contributed by atoms with E-state index in [9.17, 15) is 10.1 Å². The third-order valence-corrected chi connectivity index (χ3v) is 3.63. The maximum atomic E-state index is 11.3. The number of hydrogen-bond donors (Lipinski definition) is 1. The van der Waals surface area contributed by atoms with E-state index in [1.165, 1.54) is 0 Å². The first-order chi connectivity index (χ1) is 9.02. The van der Waals surface area contributed by atoms with Gasteiger partial charge in [-0.15, -0.1) is 0 Å². The van der Waals surface area contributed by atoms with Crippen LogP contribution >= 0.6 is 0 Å². The maximum Gasteiger partial charge on any atom is 0.293 e. The summed E-state index contributed by atoms with van der Waals surface area (Å²) in [5, 5.41) is 9.31. The van der Waals surface area contributed by atoms with Gasteiger partial charge >= 0.3 is 0 Å². The monoisotopic (exact) mass is 259 g/mol. The summed E-state index contributed by atoms with van der Waals surface area (Å²) < 4.78 is 0. The first kappa shape index (κ1) is 13.3. The highest BCUT2D eigenvalue weighted by molar-refractivity contribution is 5.77. The average molecular weight is 259 g/mol. The molecule has 0 unspecified atom stereocenters. The van der Waals surface area contributed by atoms with Crippen molar-refractivity contribution in [1.82, 2.24) is 0 Å². The van der Waals surface area contributed by atoms with Gasteiger partial charge in [0.2, 0.25) is 5.91 Å². The Balaban J connectivity index is 2.36. The number of nitrogens with one attached hydrogen (secondary N) is 1. The van der Waals surface area contributed by atoms with E-state index in [2.05, 4.69) is 16.0 Å². The second-order valence-corrected chi connectivity index (χ2v) is 5.16. The van der Waals surface area contributed by atoms with Crippen molar-refractivity contribution in [2.45, 2.75) is 26.7 Å². The van der Waals surface area contributed by atoms with E-state index < -0.39 is 0 Å². The number of rotatable bonds is 2. The molecule has 0 bridgehead atoms. The lowest BCUT2D eigenvalue weighted by atomic mass is 9.97. The van der Waals surface area contributed by atoms with Gasteiger partial charge in [0.25, 0.3) is 5.82 Å². The molecule has 5 heteroatoms.